The summed E-state index contributed by atoms with van der Waals surface area (Å²) in [6.45, 7) is 0.781. The molecule has 3 rings (SSSR count). The van der Waals surface area contributed by atoms with E-state index >= 15 is 0 Å². The van der Waals surface area contributed by atoms with Gasteiger partial charge in [0.2, 0.25) is 0 Å². The van der Waals surface area contributed by atoms with Crippen molar-refractivity contribution in [1.29, 1.82) is 0 Å². The van der Waals surface area contributed by atoms with E-state index in [4.69, 9.17) is 0 Å². The van der Waals surface area contributed by atoms with E-state index < -0.39 is 0 Å². The number of nitrogens with one attached hydrogen (secondary N) is 1. The van der Waals surface area contributed by atoms with Gasteiger partial charge in [-0.2, -0.15) is 5.10 Å². The molecule has 3 nitrogen and oxygen atoms in total. The van der Waals surface area contributed by atoms with E-state index in [-0.39, 0.29) is 5.82 Å². The minimum atomic E-state index is -0.207. The van der Waals surface area contributed by atoms with Crippen molar-refractivity contribution in [2.75, 3.05) is 0 Å². The van der Waals surface area contributed by atoms with Crippen LogP contribution in [0.1, 0.15) is 18.5 Å². The first kappa shape index (κ1) is 12.1. The molecule has 2 aromatic rings. The topological polar surface area (TPSA) is 29.9 Å². The van der Waals surface area contributed by atoms with E-state index in [2.05, 4.69) is 10.4 Å². The van der Waals surface area contributed by atoms with E-state index in [9.17, 15) is 4.39 Å². The van der Waals surface area contributed by atoms with Gasteiger partial charge in [0.05, 0.1) is 15.0 Å². The van der Waals surface area contributed by atoms with Crippen molar-refractivity contribution in [1.82, 2.24) is 15.1 Å². The lowest BCUT2D eigenvalue weighted by atomic mass is 10.3. The molecule has 1 aromatic carbocycles. The molecule has 5 heteroatoms. The van der Waals surface area contributed by atoms with Crippen molar-refractivity contribution in [3.63, 3.8) is 0 Å². The quantitative estimate of drug-likeness (QED) is 0.853. The Balaban J connectivity index is 1.80. The normalized spacial score (nSPS) is 15.0. The van der Waals surface area contributed by atoms with Gasteiger partial charge in [0.15, 0.2) is 0 Å². The van der Waals surface area contributed by atoms with Crippen molar-refractivity contribution < 1.29 is 4.39 Å². The summed E-state index contributed by atoms with van der Waals surface area (Å²) in [6.07, 6.45) is 4.41. The summed E-state index contributed by atoms with van der Waals surface area (Å²) in [4.78, 5) is 0. The minimum Gasteiger partial charge on any atom is -0.308 e. The summed E-state index contributed by atoms with van der Waals surface area (Å²) in [5.41, 5.74) is 1.77. The third-order valence-corrected chi connectivity index (χ3v) is 4.04. The summed E-state index contributed by atoms with van der Waals surface area (Å²) in [7, 11) is 0. The number of rotatable bonds is 4. The monoisotopic (exact) mass is 357 g/mol. The van der Waals surface area contributed by atoms with Gasteiger partial charge in [0.25, 0.3) is 0 Å². The first-order chi connectivity index (χ1) is 8.74. The minimum absolute atomic E-state index is 0.207. The van der Waals surface area contributed by atoms with Crippen LogP contribution in [0.25, 0.3) is 5.69 Å². The summed E-state index contributed by atoms with van der Waals surface area (Å²) < 4.78 is 15.8. The average molecular weight is 357 g/mol. The molecular weight excluding hydrogens is 344 g/mol. The van der Waals surface area contributed by atoms with Crippen LogP contribution < -0.4 is 5.32 Å². The van der Waals surface area contributed by atoms with Gasteiger partial charge in [-0.25, -0.2) is 9.07 Å². The van der Waals surface area contributed by atoms with E-state index in [1.165, 1.54) is 18.9 Å². The number of halogens is 2. The van der Waals surface area contributed by atoms with Gasteiger partial charge in [0, 0.05) is 18.8 Å². The van der Waals surface area contributed by atoms with Gasteiger partial charge in [-0.15, -0.1) is 0 Å². The third-order valence-electron chi connectivity index (χ3n) is 2.97. The molecule has 1 heterocycles. The van der Waals surface area contributed by atoms with Crippen LogP contribution in [-0.4, -0.2) is 15.8 Å². The molecule has 1 N–H and O–H groups in total. The van der Waals surface area contributed by atoms with Crippen LogP contribution in [0.2, 0.25) is 0 Å². The number of hydrogen-bond donors (Lipinski definition) is 1. The number of benzene rings is 1. The highest BCUT2D eigenvalue weighted by Crippen LogP contribution is 2.21. The molecule has 0 bridgehead atoms. The van der Waals surface area contributed by atoms with Crippen molar-refractivity contribution in [3.8, 4) is 5.69 Å². The van der Waals surface area contributed by atoms with E-state index in [1.54, 1.807) is 10.7 Å². The van der Waals surface area contributed by atoms with Crippen LogP contribution in [0.5, 0.6) is 0 Å². The second-order valence-corrected chi connectivity index (χ2v) is 5.56. The maximum atomic E-state index is 13.5. The van der Waals surface area contributed by atoms with Gasteiger partial charge in [-0.1, -0.05) is 6.07 Å². The Morgan fingerprint density at radius 1 is 1.39 bits per heavy atom. The fourth-order valence-corrected chi connectivity index (χ4v) is 2.40. The van der Waals surface area contributed by atoms with Gasteiger partial charge >= 0.3 is 0 Å². The molecule has 1 aliphatic rings. The van der Waals surface area contributed by atoms with Crippen LogP contribution in [0.15, 0.2) is 30.5 Å². The highest BCUT2D eigenvalue weighted by atomic mass is 127. The molecule has 1 aliphatic carbocycles. The van der Waals surface area contributed by atoms with Crippen LogP contribution in [0.4, 0.5) is 4.39 Å². The molecule has 0 aliphatic heterocycles. The summed E-state index contributed by atoms with van der Waals surface area (Å²) in [5, 5.41) is 7.88. The molecule has 1 fully saturated rings. The largest absolute Gasteiger partial charge is 0.308 e. The van der Waals surface area contributed by atoms with Crippen molar-refractivity contribution in [3.05, 3.63) is 45.5 Å². The first-order valence-electron chi connectivity index (χ1n) is 5.96. The Kier molecular flexibility index (Phi) is 3.34. The lowest BCUT2D eigenvalue weighted by molar-refractivity contribution is 0.616. The standard InChI is InChI=1S/C13H13FIN3/c14-11-2-1-3-12(13(11)15)18-7-6-10(17-18)8-16-9-4-5-9/h1-3,6-7,9,16H,4-5,8H2. The molecular formula is C13H13FIN3. The van der Waals surface area contributed by atoms with Crippen LogP contribution in [-0.2, 0) is 6.54 Å². The molecule has 0 saturated heterocycles. The van der Waals surface area contributed by atoms with Crippen LogP contribution in [0, 0.1) is 9.39 Å². The number of nitrogens with zero attached hydrogens (tertiary/aromatic N) is 2. The van der Waals surface area contributed by atoms with Gasteiger partial charge < -0.3 is 5.32 Å². The SMILES string of the molecule is Fc1cccc(-n2ccc(CNC3CC3)n2)c1I. The summed E-state index contributed by atoms with van der Waals surface area (Å²) >= 11 is 2.01. The zero-order valence-corrected chi connectivity index (χ0v) is 11.9. The van der Waals surface area contributed by atoms with Gasteiger partial charge in [-0.05, 0) is 53.6 Å². The first-order valence-corrected chi connectivity index (χ1v) is 7.04. The Labute approximate surface area is 119 Å². The molecule has 0 amide bonds. The predicted molar refractivity (Wildman–Crippen MR) is 76.1 cm³/mol. The molecule has 1 saturated carbocycles. The Hall–Kier alpha value is -0.950. The van der Waals surface area contributed by atoms with Crippen molar-refractivity contribution in [2.45, 2.75) is 25.4 Å². The van der Waals surface area contributed by atoms with Crippen LogP contribution >= 0.6 is 22.6 Å². The molecule has 0 atom stereocenters. The predicted octanol–water partition coefficient (Wildman–Crippen LogP) is 2.87. The van der Waals surface area contributed by atoms with E-state index in [0.29, 0.717) is 9.61 Å². The molecule has 1 aromatic heterocycles. The Morgan fingerprint density at radius 2 is 2.22 bits per heavy atom. The van der Waals surface area contributed by atoms with E-state index in [0.717, 1.165) is 17.9 Å². The Bertz CT molecular complexity index is 563. The lowest BCUT2D eigenvalue weighted by Crippen LogP contribution is -2.15. The molecule has 0 unspecified atom stereocenters. The fourth-order valence-electron chi connectivity index (χ4n) is 1.80. The average Bonchev–Trinajstić information content (AvgIpc) is 3.08. The summed E-state index contributed by atoms with van der Waals surface area (Å²) in [6, 6.07) is 7.68. The second kappa shape index (κ2) is 4.97. The summed E-state index contributed by atoms with van der Waals surface area (Å²) in [5.74, 6) is -0.207. The smallest absolute Gasteiger partial charge is 0.138 e. The molecule has 94 valence electrons. The van der Waals surface area contributed by atoms with Crippen molar-refractivity contribution >= 4 is 22.6 Å². The highest BCUT2D eigenvalue weighted by Gasteiger charge is 2.20. The maximum Gasteiger partial charge on any atom is 0.138 e. The zero-order valence-electron chi connectivity index (χ0n) is 9.74. The zero-order chi connectivity index (χ0) is 12.5. The molecule has 0 spiro atoms. The fraction of sp³-hybridized carbons (Fsp3) is 0.308. The van der Waals surface area contributed by atoms with Crippen molar-refractivity contribution in [2.24, 2.45) is 0 Å². The molecule has 18 heavy (non-hydrogen) atoms. The number of aromatic nitrogens is 2. The van der Waals surface area contributed by atoms with Crippen LogP contribution in [0.3, 0.4) is 0 Å². The molecule has 0 radical (unpaired) electrons. The maximum absolute atomic E-state index is 13.5. The Morgan fingerprint density at radius 3 is 3.00 bits per heavy atom. The highest BCUT2D eigenvalue weighted by molar-refractivity contribution is 14.1. The van der Waals surface area contributed by atoms with Gasteiger partial charge in [-0.3, -0.25) is 0 Å². The third kappa shape index (κ3) is 2.56. The lowest BCUT2D eigenvalue weighted by Gasteiger charge is -2.05. The second-order valence-electron chi connectivity index (χ2n) is 4.48. The number of hydrogen-bond acceptors (Lipinski definition) is 2. The van der Waals surface area contributed by atoms with E-state index in [1.807, 2.05) is 40.9 Å². The van der Waals surface area contributed by atoms with Gasteiger partial charge in [0.1, 0.15) is 5.82 Å².